The second kappa shape index (κ2) is 6.48. The van der Waals surface area contributed by atoms with Crippen LogP contribution in [-0.2, 0) is 4.79 Å². The Hall–Kier alpha value is -1.24. The molecule has 0 spiro atoms. The molecular weight excluding hydrogens is 232 g/mol. The van der Waals surface area contributed by atoms with Crippen molar-refractivity contribution in [3.05, 3.63) is 0 Å². The summed E-state index contributed by atoms with van der Waals surface area (Å²) in [6.07, 6.45) is 1.04. The van der Waals surface area contributed by atoms with Crippen molar-refractivity contribution < 1.29 is 18.8 Å². The maximum atomic E-state index is 13.0. The number of amides is 1. The lowest BCUT2D eigenvalue weighted by molar-refractivity contribution is -0.114. The number of carbonyl (C=O) groups excluding carboxylic acids is 1. The van der Waals surface area contributed by atoms with Gasteiger partial charge in [-0.3, -0.25) is 4.79 Å². The Morgan fingerprint density at radius 3 is 2.94 bits per heavy atom. The molecule has 17 heavy (non-hydrogen) atoms. The van der Waals surface area contributed by atoms with E-state index in [1.807, 2.05) is 4.90 Å². The molecule has 0 aromatic rings. The molecule has 0 saturated carbocycles. The van der Waals surface area contributed by atoms with Crippen LogP contribution in [0.2, 0.25) is 0 Å². The molecule has 1 fully saturated rings. The molecule has 98 valence electrons. The first-order valence-corrected chi connectivity index (χ1v) is 5.59. The molecule has 0 radical (unpaired) electrons. The molecule has 1 rings (SSSR count). The van der Waals surface area contributed by atoms with E-state index in [0.717, 1.165) is 6.21 Å². The second-order valence-corrected chi connectivity index (χ2v) is 4.09. The Bertz CT molecular complexity index is 285. The first kappa shape index (κ1) is 13.8. The minimum absolute atomic E-state index is 0.0625. The summed E-state index contributed by atoms with van der Waals surface area (Å²) in [7, 11) is 0. The molecule has 0 atom stereocenters. The van der Waals surface area contributed by atoms with E-state index in [1.165, 1.54) is 0 Å². The summed E-state index contributed by atoms with van der Waals surface area (Å²) in [5, 5.41) is 13.2. The summed E-state index contributed by atoms with van der Waals surface area (Å²) < 4.78 is 26.1. The molecule has 0 unspecified atom stereocenters. The van der Waals surface area contributed by atoms with Crippen LogP contribution in [0.5, 0.6) is 0 Å². The maximum absolute atomic E-state index is 13.0. The van der Waals surface area contributed by atoms with E-state index >= 15 is 0 Å². The largest absolute Gasteiger partial charge is 0.411 e. The van der Waals surface area contributed by atoms with Crippen molar-refractivity contribution >= 4 is 12.1 Å². The van der Waals surface area contributed by atoms with Crippen molar-refractivity contribution in [2.24, 2.45) is 5.16 Å². The van der Waals surface area contributed by atoms with Crippen LogP contribution in [0.15, 0.2) is 5.16 Å². The third-order valence-electron chi connectivity index (χ3n) is 2.71. The number of rotatable bonds is 4. The molecule has 7 heteroatoms. The van der Waals surface area contributed by atoms with Gasteiger partial charge in [0.2, 0.25) is 5.92 Å². The normalized spacial score (nSPS) is 21.3. The van der Waals surface area contributed by atoms with Crippen LogP contribution in [-0.4, -0.2) is 54.3 Å². The third-order valence-corrected chi connectivity index (χ3v) is 2.71. The fourth-order valence-corrected chi connectivity index (χ4v) is 1.78. The number of carbonyl (C=O) groups is 1. The molecule has 5 nitrogen and oxygen atoms in total. The molecule has 0 aromatic carbocycles. The zero-order valence-corrected chi connectivity index (χ0v) is 9.53. The monoisotopic (exact) mass is 249 g/mol. The number of nitrogens with zero attached hydrogens (tertiary/aromatic N) is 2. The minimum Gasteiger partial charge on any atom is -0.411 e. The minimum atomic E-state index is -2.55. The predicted molar refractivity (Wildman–Crippen MR) is 58.5 cm³/mol. The Balaban J connectivity index is 2.21. The van der Waals surface area contributed by atoms with Gasteiger partial charge in [0, 0.05) is 32.5 Å². The van der Waals surface area contributed by atoms with Crippen LogP contribution in [0.4, 0.5) is 8.78 Å². The number of nitrogens with one attached hydrogen (secondary N) is 1. The van der Waals surface area contributed by atoms with Gasteiger partial charge >= 0.3 is 0 Å². The van der Waals surface area contributed by atoms with Crippen LogP contribution in [0, 0.1) is 0 Å². The topological polar surface area (TPSA) is 64.9 Å². The number of alkyl halides is 2. The van der Waals surface area contributed by atoms with Gasteiger partial charge in [-0.2, -0.15) is 0 Å². The summed E-state index contributed by atoms with van der Waals surface area (Å²) >= 11 is 0. The number of likely N-dealkylation sites (tertiary alicyclic amines) is 1. The third kappa shape index (κ3) is 5.58. The van der Waals surface area contributed by atoms with Gasteiger partial charge in [0.25, 0.3) is 5.91 Å². The van der Waals surface area contributed by atoms with Crippen LogP contribution in [0.1, 0.15) is 19.3 Å². The van der Waals surface area contributed by atoms with Gasteiger partial charge in [-0.1, -0.05) is 5.16 Å². The maximum Gasteiger partial charge on any atom is 0.265 e. The molecule has 1 saturated heterocycles. The van der Waals surface area contributed by atoms with Crippen LogP contribution < -0.4 is 5.32 Å². The summed E-state index contributed by atoms with van der Waals surface area (Å²) in [5.74, 6) is -3.05. The molecule has 0 aromatic heterocycles. The summed E-state index contributed by atoms with van der Waals surface area (Å²) in [6, 6.07) is 0. The number of oxime groups is 1. The van der Waals surface area contributed by atoms with Crippen molar-refractivity contribution in [2.45, 2.75) is 25.2 Å². The number of hydrogen-bond donors (Lipinski definition) is 2. The predicted octanol–water partition coefficient (Wildman–Crippen LogP) is 0.684. The second-order valence-electron chi connectivity index (χ2n) is 4.09. The first-order chi connectivity index (χ1) is 8.03. The van der Waals surface area contributed by atoms with E-state index in [9.17, 15) is 13.6 Å². The van der Waals surface area contributed by atoms with E-state index in [2.05, 4.69) is 10.5 Å². The zero-order chi connectivity index (χ0) is 12.7. The number of hydrogen-bond acceptors (Lipinski definition) is 4. The van der Waals surface area contributed by atoms with Crippen LogP contribution in [0.3, 0.4) is 0 Å². The summed E-state index contributed by atoms with van der Waals surface area (Å²) in [6.45, 7) is 1.86. The fraction of sp³-hybridized carbons (Fsp3) is 0.800. The lowest BCUT2D eigenvalue weighted by Crippen LogP contribution is -2.36. The molecule has 1 amide bonds. The fourth-order valence-electron chi connectivity index (χ4n) is 1.78. The molecule has 1 aliphatic heterocycles. The molecule has 1 heterocycles. The smallest absolute Gasteiger partial charge is 0.265 e. The van der Waals surface area contributed by atoms with Gasteiger partial charge < -0.3 is 15.4 Å². The van der Waals surface area contributed by atoms with Gasteiger partial charge in [-0.15, -0.1) is 0 Å². The quantitative estimate of drug-likeness (QED) is 0.437. The van der Waals surface area contributed by atoms with Gasteiger partial charge in [-0.05, 0) is 13.0 Å². The highest BCUT2D eigenvalue weighted by Crippen LogP contribution is 2.27. The molecule has 0 bridgehead atoms. The van der Waals surface area contributed by atoms with Crippen LogP contribution in [0.25, 0.3) is 0 Å². The highest BCUT2D eigenvalue weighted by Gasteiger charge is 2.31. The summed E-state index contributed by atoms with van der Waals surface area (Å²) in [4.78, 5) is 12.8. The van der Waals surface area contributed by atoms with E-state index in [4.69, 9.17) is 5.21 Å². The van der Waals surface area contributed by atoms with Crippen molar-refractivity contribution in [3.63, 3.8) is 0 Å². The van der Waals surface area contributed by atoms with E-state index in [-0.39, 0.29) is 12.8 Å². The molecule has 0 aliphatic carbocycles. The van der Waals surface area contributed by atoms with Gasteiger partial charge in [0.05, 0.1) is 0 Å². The average molecular weight is 249 g/mol. The summed E-state index contributed by atoms with van der Waals surface area (Å²) in [5.41, 5.74) is 0. The zero-order valence-electron chi connectivity index (χ0n) is 9.53. The van der Waals surface area contributed by atoms with E-state index in [1.54, 1.807) is 0 Å². The van der Waals surface area contributed by atoms with Gasteiger partial charge in [-0.25, -0.2) is 8.78 Å². The SMILES string of the molecule is O=C(C=NO)NCCN1CCCC(F)(F)CC1. The van der Waals surface area contributed by atoms with E-state index < -0.39 is 11.8 Å². The van der Waals surface area contributed by atoms with Gasteiger partial charge in [0.1, 0.15) is 6.21 Å². The standard InChI is InChI=1S/C10H17F2N3O2/c11-10(12)2-1-5-15(6-3-10)7-4-13-9(16)8-14-17/h8,17H,1-7H2,(H,13,16). The Kier molecular flexibility index (Phi) is 5.27. The van der Waals surface area contributed by atoms with Crippen molar-refractivity contribution in [1.82, 2.24) is 10.2 Å². The van der Waals surface area contributed by atoms with E-state index in [0.29, 0.717) is 32.6 Å². The lowest BCUT2D eigenvalue weighted by atomic mass is 10.1. The molecule has 1 aliphatic rings. The Morgan fingerprint density at radius 1 is 1.47 bits per heavy atom. The van der Waals surface area contributed by atoms with Crippen molar-refractivity contribution in [2.75, 3.05) is 26.2 Å². The number of halogens is 2. The Morgan fingerprint density at radius 2 is 2.24 bits per heavy atom. The highest BCUT2D eigenvalue weighted by atomic mass is 19.3. The average Bonchev–Trinajstić information content (AvgIpc) is 2.41. The molecule has 2 N–H and O–H groups in total. The van der Waals surface area contributed by atoms with Gasteiger partial charge in [0.15, 0.2) is 0 Å². The molecular formula is C10H17F2N3O2. The van der Waals surface area contributed by atoms with Crippen LogP contribution >= 0.6 is 0 Å². The van der Waals surface area contributed by atoms with Crippen molar-refractivity contribution in [1.29, 1.82) is 0 Å². The first-order valence-electron chi connectivity index (χ1n) is 5.59. The Labute approximate surface area is 98.5 Å². The van der Waals surface area contributed by atoms with Crippen molar-refractivity contribution in [3.8, 4) is 0 Å². The lowest BCUT2D eigenvalue weighted by Gasteiger charge is -2.19. The highest BCUT2D eigenvalue weighted by molar-refractivity contribution is 6.25.